The Hall–Kier alpha value is -0.400. The number of thiophene rings is 1. The molecule has 0 aliphatic rings. The topological polar surface area (TPSA) is 46.3 Å². The van der Waals surface area contributed by atoms with Crippen LogP contribution in [0.15, 0.2) is 22.3 Å². The quantitative estimate of drug-likeness (QED) is 0.867. The van der Waals surface area contributed by atoms with Crippen molar-refractivity contribution in [1.82, 2.24) is 4.98 Å². The minimum atomic E-state index is -0.0851. The highest BCUT2D eigenvalue weighted by atomic mass is 127. The number of oxazole rings is 1. The van der Waals surface area contributed by atoms with Crippen molar-refractivity contribution >= 4 is 33.9 Å². The Morgan fingerprint density at radius 3 is 3.08 bits per heavy atom. The Morgan fingerprint density at radius 2 is 2.46 bits per heavy atom. The molecule has 0 atom stereocenters. The maximum atomic E-state index is 8.95. The highest BCUT2D eigenvalue weighted by molar-refractivity contribution is 14.1. The maximum absolute atomic E-state index is 8.95. The standard InChI is InChI=1S/C8H6INO2S/c9-7-1-5(3-13-7)8-6(2-11)10-4-12-8/h1,3-4,11H,2H2. The number of rotatable bonds is 2. The van der Waals surface area contributed by atoms with Gasteiger partial charge in [-0.15, -0.1) is 11.3 Å². The van der Waals surface area contributed by atoms with Crippen molar-refractivity contribution in [2.75, 3.05) is 0 Å². The molecule has 13 heavy (non-hydrogen) atoms. The first kappa shape index (κ1) is 9.17. The molecule has 1 N–H and O–H groups in total. The summed E-state index contributed by atoms with van der Waals surface area (Å²) >= 11 is 3.88. The van der Waals surface area contributed by atoms with Crippen LogP contribution in [-0.2, 0) is 6.61 Å². The molecule has 0 radical (unpaired) electrons. The Kier molecular flexibility index (Phi) is 2.66. The lowest BCUT2D eigenvalue weighted by atomic mass is 10.2. The Bertz CT molecular complexity index is 410. The minimum Gasteiger partial charge on any atom is -0.443 e. The molecule has 68 valence electrons. The van der Waals surface area contributed by atoms with Crippen LogP contribution in [0.3, 0.4) is 0 Å². The van der Waals surface area contributed by atoms with Crippen LogP contribution >= 0.6 is 33.9 Å². The average Bonchev–Trinajstić information content (AvgIpc) is 2.71. The molecule has 0 spiro atoms. The molecule has 0 aromatic carbocycles. The molecular weight excluding hydrogens is 301 g/mol. The first-order chi connectivity index (χ1) is 6.31. The van der Waals surface area contributed by atoms with Crippen LogP contribution in [0, 0.1) is 2.88 Å². The number of aromatic nitrogens is 1. The van der Waals surface area contributed by atoms with Gasteiger partial charge in [-0.3, -0.25) is 0 Å². The molecular formula is C8H6INO2S. The lowest BCUT2D eigenvalue weighted by Crippen LogP contribution is -1.84. The minimum absolute atomic E-state index is 0.0851. The first-order valence-electron chi connectivity index (χ1n) is 3.59. The van der Waals surface area contributed by atoms with Crippen LogP contribution in [0.5, 0.6) is 0 Å². The van der Waals surface area contributed by atoms with Crippen molar-refractivity contribution < 1.29 is 9.52 Å². The number of aliphatic hydroxyl groups excluding tert-OH is 1. The number of hydrogen-bond acceptors (Lipinski definition) is 4. The molecule has 5 heteroatoms. The van der Waals surface area contributed by atoms with Crippen LogP contribution in [0.2, 0.25) is 0 Å². The number of nitrogens with zero attached hydrogens (tertiary/aromatic N) is 1. The van der Waals surface area contributed by atoms with Crippen molar-refractivity contribution in [1.29, 1.82) is 0 Å². The molecule has 0 saturated heterocycles. The van der Waals surface area contributed by atoms with Crippen LogP contribution in [0.1, 0.15) is 5.69 Å². The second-order valence-corrected chi connectivity index (χ2v) is 5.23. The molecule has 0 aliphatic heterocycles. The molecule has 0 aliphatic carbocycles. The van der Waals surface area contributed by atoms with E-state index in [0.717, 1.165) is 5.56 Å². The summed E-state index contributed by atoms with van der Waals surface area (Å²) in [6.07, 6.45) is 1.35. The summed E-state index contributed by atoms with van der Waals surface area (Å²) in [5, 5.41) is 10.9. The van der Waals surface area contributed by atoms with Crippen molar-refractivity contribution in [3.63, 3.8) is 0 Å². The van der Waals surface area contributed by atoms with Gasteiger partial charge in [-0.1, -0.05) is 0 Å². The van der Waals surface area contributed by atoms with E-state index in [-0.39, 0.29) is 6.61 Å². The summed E-state index contributed by atoms with van der Waals surface area (Å²) in [5.74, 6) is 0.668. The summed E-state index contributed by atoms with van der Waals surface area (Å²) in [5.41, 5.74) is 1.57. The van der Waals surface area contributed by atoms with Crippen LogP contribution in [0.4, 0.5) is 0 Å². The van der Waals surface area contributed by atoms with Crippen LogP contribution < -0.4 is 0 Å². The third kappa shape index (κ3) is 1.77. The van der Waals surface area contributed by atoms with E-state index in [4.69, 9.17) is 9.52 Å². The van der Waals surface area contributed by atoms with Gasteiger partial charge in [-0.05, 0) is 28.7 Å². The number of halogens is 1. The van der Waals surface area contributed by atoms with E-state index in [1.165, 1.54) is 9.28 Å². The van der Waals surface area contributed by atoms with Gasteiger partial charge in [0.2, 0.25) is 0 Å². The van der Waals surface area contributed by atoms with E-state index in [0.29, 0.717) is 11.5 Å². The third-order valence-electron chi connectivity index (χ3n) is 1.62. The molecule has 0 fully saturated rings. The molecule has 0 amide bonds. The SMILES string of the molecule is OCc1ncoc1-c1csc(I)c1. The second-order valence-electron chi connectivity index (χ2n) is 2.43. The fourth-order valence-electron chi connectivity index (χ4n) is 1.05. The Labute approximate surface area is 92.6 Å². The average molecular weight is 307 g/mol. The molecule has 2 aromatic rings. The van der Waals surface area contributed by atoms with Gasteiger partial charge in [0.25, 0.3) is 0 Å². The Morgan fingerprint density at radius 1 is 1.62 bits per heavy atom. The summed E-state index contributed by atoms with van der Waals surface area (Å²) in [6.45, 7) is -0.0851. The van der Waals surface area contributed by atoms with Crippen molar-refractivity contribution in [2.45, 2.75) is 6.61 Å². The number of hydrogen-bond donors (Lipinski definition) is 1. The van der Waals surface area contributed by atoms with Crippen LogP contribution in [-0.4, -0.2) is 10.1 Å². The normalized spacial score (nSPS) is 10.6. The molecule has 2 heterocycles. The fourth-order valence-corrected chi connectivity index (χ4v) is 2.37. The van der Waals surface area contributed by atoms with Crippen molar-refractivity contribution in [3.05, 3.63) is 26.4 Å². The largest absolute Gasteiger partial charge is 0.443 e. The highest BCUT2D eigenvalue weighted by Crippen LogP contribution is 2.28. The summed E-state index contributed by atoms with van der Waals surface area (Å²) in [6, 6.07) is 2.00. The fraction of sp³-hybridized carbons (Fsp3) is 0.125. The van der Waals surface area contributed by atoms with Crippen molar-refractivity contribution in [3.8, 4) is 11.3 Å². The summed E-state index contributed by atoms with van der Waals surface area (Å²) in [4.78, 5) is 3.91. The van der Waals surface area contributed by atoms with E-state index in [9.17, 15) is 0 Å². The zero-order valence-electron chi connectivity index (χ0n) is 6.53. The lowest BCUT2D eigenvalue weighted by Gasteiger charge is -1.92. The second kappa shape index (κ2) is 3.77. The Balaban J connectivity index is 2.45. The van der Waals surface area contributed by atoms with Crippen molar-refractivity contribution in [2.24, 2.45) is 0 Å². The van der Waals surface area contributed by atoms with E-state index < -0.39 is 0 Å². The summed E-state index contributed by atoms with van der Waals surface area (Å²) in [7, 11) is 0. The predicted molar refractivity (Wildman–Crippen MR) is 58.5 cm³/mol. The van der Waals surface area contributed by atoms with Gasteiger partial charge in [0, 0.05) is 10.9 Å². The monoisotopic (exact) mass is 307 g/mol. The number of aliphatic hydroxyl groups is 1. The van der Waals surface area contributed by atoms with Gasteiger partial charge in [0.1, 0.15) is 5.69 Å². The van der Waals surface area contributed by atoms with Gasteiger partial charge in [-0.2, -0.15) is 0 Å². The van der Waals surface area contributed by atoms with Gasteiger partial charge >= 0.3 is 0 Å². The molecule has 2 aromatic heterocycles. The molecule has 3 nitrogen and oxygen atoms in total. The predicted octanol–water partition coefficient (Wildman–Crippen LogP) is 2.50. The van der Waals surface area contributed by atoms with E-state index in [1.807, 2.05) is 11.4 Å². The molecule has 0 saturated carbocycles. The lowest BCUT2D eigenvalue weighted by molar-refractivity contribution is 0.277. The molecule has 2 rings (SSSR count). The molecule has 0 unspecified atom stereocenters. The van der Waals surface area contributed by atoms with Gasteiger partial charge < -0.3 is 9.52 Å². The zero-order chi connectivity index (χ0) is 9.26. The smallest absolute Gasteiger partial charge is 0.181 e. The van der Waals surface area contributed by atoms with E-state index >= 15 is 0 Å². The summed E-state index contributed by atoms with van der Waals surface area (Å²) < 4.78 is 6.37. The first-order valence-corrected chi connectivity index (χ1v) is 5.54. The third-order valence-corrected chi connectivity index (χ3v) is 3.41. The van der Waals surface area contributed by atoms with E-state index in [1.54, 1.807) is 11.3 Å². The van der Waals surface area contributed by atoms with Crippen LogP contribution in [0.25, 0.3) is 11.3 Å². The van der Waals surface area contributed by atoms with Gasteiger partial charge in [0.15, 0.2) is 12.2 Å². The van der Waals surface area contributed by atoms with Gasteiger partial charge in [-0.25, -0.2) is 4.98 Å². The highest BCUT2D eigenvalue weighted by Gasteiger charge is 2.10. The zero-order valence-corrected chi connectivity index (χ0v) is 9.50. The molecule has 0 bridgehead atoms. The van der Waals surface area contributed by atoms with Gasteiger partial charge in [0.05, 0.1) is 9.49 Å². The maximum Gasteiger partial charge on any atom is 0.181 e. The van der Waals surface area contributed by atoms with E-state index in [2.05, 4.69) is 27.6 Å².